The van der Waals surface area contributed by atoms with Gasteiger partial charge in [0.05, 0.1) is 13.2 Å². The summed E-state index contributed by atoms with van der Waals surface area (Å²) in [5.74, 6) is 0.00130. The van der Waals surface area contributed by atoms with Gasteiger partial charge in [-0.05, 0) is 17.0 Å². The fourth-order valence-electron chi connectivity index (χ4n) is 3.81. The predicted octanol–water partition coefficient (Wildman–Crippen LogP) is 0.991. The van der Waals surface area contributed by atoms with E-state index in [-0.39, 0.29) is 6.04 Å². The van der Waals surface area contributed by atoms with E-state index in [4.69, 9.17) is 4.74 Å². The molecule has 0 spiro atoms. The molecule has 0 aliphatic carbocycles. The predicted molar refractivity (Wildman–Crippen MR) is 94.3 cm³/mol. The highest BCUT2D eigenvalue weighted by Crippen LogP contribution is 2.29. The van der Waals surface area contributed by atoms with E-state index in [1.807, 2.05) is 18.2 Å². The molecule has 0 unspecified atom stereocenters. The molecule has 6 heteroatoms. The minimum atomic E-state index is -0.481. The van der Waals surface area contributed by atoms with Crippen LogP contribution in [-0.2, 0) is 16.1 Å². The summed E-state index contributed by atoms with van der Waals surface area (Å²) in [7, 11) is 1.69. The Hall–Kier alpha value is -2.60. The normalized spacial score (nSPS) is 21.2. The van der Waals surface area contributed by atoms with E-state index in [2.05, 4.69) is 28.4 Å². The summed E-state index contributed by atoms with van der Waals surface area (Å²) in [4.78, 5) is 27.5. The SMILES string of the molecule is COc1ccc(CN2CCN3C(=O)C(=O)NC[C@H]3C2)c2ccccc12. The van der Waals surface area contributed by atoms with Gasteiger partial charge in [0, 0.05) is 38.1 Å². The molecule has 0 aromatic heterocycles. The molecule has 0 saturated carbocycles. The van der Waals surface area contributed by atoms with E-state index in [0.29, 0.717) is 13.1 Å². The first-order valence-corrected chi connectivity index (χ1v) is 8.53. The number of hydrogen-bond acceptors (Lipinski definition) is 4. The highest BCUT2D eigenvalue weighted by atomic mass is 16.5. The lowest BCUT2D eigenvalue weighted by atomic mass is 10.0. The number of fused-ring (bicyclic) bond motifs is 2. The zero-order chi connectivity index (χ0) is 17.4. The maximum Gasteiger partial charge on any atom is 0.312 e. The van der Waals surface area contributed by atoms with Gasteiger partial charge >= 0.3 is 11.8 Å². The average Bonchev–Trinajstić information content (AvgIpc) is 2.65. The first kappa shape index (κ1) is 15.9. The van der Waals surface area contributed by atoms with Crippen molar-refractivity contribution >= 4 is 22.6 Å². The zero-order valence-corrected chi connectivity index (χ0v) is 14.2. The van der Waals surface area contributed by atoms with Gasteiger partial charge in [0.25, 0.3) is 0 Å². The Morgan fingerprint density at radius 3 is 2.72 bits per heavy atom. The molecule has 2 aliphatic rings. The van der Waals surface area contributed by atoms with Crippen molar-refractivity contribution in [2.45, 2.75) is 12.6 Å². The Morgan fingerprint density at radius 1 is 1.12 bits per heavy atom. The number of nitrogens with zero attached hydrogens (tertiary/aromatic N) is 2. The monoisotopic (exact) mass is 339 g/mol. The third-order valence-electron chi connectivity index (χ3n) is 5.11. The smallest absolute Gasteiger partial charge is 0.312 e. The summed E-state index contributed by atoms with van der Waals surface area (Å²) in [6, 6.07) is 12.4. The first-order valence-electron chi connectivity index (χ1n) is 8.53. The van der Waals surface area contributed by atoms with Crippen molar-refractivity contribution in [3.63, 3.8) is 0 Å². The average molecular weight is 339 g/mol. The summed E-state index contributed by atoms with van der Waals surface area (Å²) < 4.78 is 5.47. The number of rotatable bonds is 3. The number of benzene rings is 2. The summed E-state index contributed by atoms with van der Waals surface area (Å²) in [6.45, 7) is 3.49. The molecule has 130 valence electrons. The van der Waals surface area contributed by atoms with Crippen LogP contribution in [0.4, 0.5) is 0 Å². The van der Waals surface area contributed by atoms with Gasteiger partial charge in [0.15, 0.2) is 0 Å². The molecule has 25 heavy (non-hydrogen) atoms. The lowest BCUT2D eigenvalue weighted by Crippen LogP contribution is -2.65. The Kier molecular flexibility index (Phi) is 4.05. The Balaban J connectivity index is 1.55. The van der Waals surface area contributed by atoms with Crippen LogP contribution in [0.25, 0.3) is 10.8 Å². The molecular formula is C19H21N3O3. The summed E-state index contributed by atoms with van der Waals surface area (Å²) in [5, 5.41) is 4.99. The number of hydrogen-bond donors (Lipinski definition) is 1. The van der Waals surface area contributed by atoms with Gasteiger partial charge in [-0.3, -0.25) is 14.5 Å². The van der Waals surface area contributed by atoms with Crippen LogP contribution in [0.5, 0.6) is 5.75 Å². The van der Waals surface area contributed by atoms with Gasteiger partial charge in [-0.25, -0.2) is 0 Å². The quantitative estimate of drug-likeness (QED) is 0.847. The molecule has 2 aromatic carbocycles. The van der Waals surface area contributed by atoms with Crippen molar-refractivity contribution in [2.24, 2.45) is 0 Å². The standard InChI is InChI=1S/C19H21N3O3/c1-25-17-7-6-13(15-4-2-3-5-16(15)17)11-21-8-9-22-14(12-21)10-20-18(23)19(22)24/h2-7,14H,8-12H2,1H3,(H,20,23)/t14-/m0/s1. The number of nitrogens with one attached hydrogen (secondary N) is 1. The van der Waals surface area contributed by atoms with Gasteiger partial charge in [-0.15, -0.1) is 0 Å². The third-order valence-corrected chi connectivity index (χ3v) is 5.11. The number of ether oxygens (including phenoxy) is 1. The van der Waals surface area contributed by atoms with Crippen LogP contribution in [0.1, 0.15) is 5.56 Å². The second kappa shape index (κ2) is 6.37. The van der Waals surface area contributed by atoms with Crippen molar-refractivity contribution in [3.05, 3.63) is 42.0 Å². The molecule has 2 aliphatic heterocycles. The van der Waals surface area contributed by atoms with E-state index in [1.54, 1.807) is 12.0 Å². The molecule has 4 rings (SSSR count). The lowest BCUT2D eigenvalue weighted by molar-refractivity contribution is -0.152. The fourth-order valence-corrected chi connectivity index (χ4v) is 3.81. The molecular weight excluding hydrogens is 318 g/mol. The number of piperazine rings is 2. The summed E-state index contributed by atoms with van der Waals surface area (Å²) in [6.07, 6.45) is 0. The van der Waals surface area contributed by atoms with E-state index in [9.17, 15) is 9.59 Å². The van der Waals surface area contributed by atoms with Crippen molar-refractivity contribution in [2.75, 3.05) is 33.3 Å². The topological polar surface area (TPSA) is 61.9 Å². The molecule has 2 fully saturated rings. The molecule has 2 heterocycles. The number of amides is 2. The molecule has 2 aromatic rings. The zero-order valence-electron chi connectivity index (χ0n) is 14.2. The van der Waals surface area contributed by atoms with Gasteiger partial charge < -0.3 is 15.0 Å². The van der Waals surface area contributed by atoms with E-state index >= 15 is 0 Å². The molecule has 6 nitrogen and oxygen atoms in total. The van der Waals surface area contributed by atoms with Crippen molar-refractivity contribution < 1.29 is 14.3 Å². The molecule has 2 saturated heterocycles. The van der Waals surface area contributed by atoms with Crippen molar-refractivity contribution in [3.8, 4) is 5.75 Å². The second-order valence-corrected chi connectivity index (χ2v) is 6.57. The van der Waals surface area contributed by atoms with Crippen LogP contribution in [0, 0.1) is 0 Å². The fraction of sp³-hybridized carbons (Fsp3) is 0.368. The lowest BCUT2D eigenvalue weighted by Gasteiger charge is -2.43. The minimum absolute atomic E-state index is 0.0588. The van der Waals surface area contributed by atoms with Crippen LogP contribution in [0.2, 0.25) is 0 Å². The Morgan fingerprint density at radius 2 is 1.92 bits per heavy atom. The summed E-state index contributed by atoms with van der Waals surface area (Å²) >= 11 is 0. The van der Waals surface area contributed by atoms with Crippen molar-refractivity contribution in [1.29, 1.82) is 0 Å². The van der Waals surface area contributed by atoms with Crippen LogP contribution in [0.3, 0.4) is 0 Å². The first-order chi connectivity index (χ1) is 12.2. The second-order valence-electron chi connectivity index (χ2n) is 6.57. The van der Waals surface area contributed by atoms with E-state index < -0.39 is 11.8 Å². The maximum absolute atomic E-state index is 12.0. The molecule has 1 atom stereocenters. The molecule has 1 N–H and O–H groups in total. The third kappa shape index (κ3) is 2.82. The van der Waals surface area contributed by atoms with Gasteiger partial charge in [-0.2, -0.15) is 0 Å². The number of methoxy groups -OCH3 is 1. The molecule has 2 amide bonds. The van der Waals surface area contributed by atoms with Gasteiger partial charge in [-0.1, -0.05) is 30.3 Å². The highest BCUT2D eigenvalue weighted by molar-refractivity contribution is 6.35. The van der Waals surface area contributed by atoms with E-state index in [1.165, 1.54) is 10.9 Å². The maximum atomic E-state index is 12.0. The van der Waals surface area contributed by atoms with Crippen LogP contribution in [-0.4, -0.2) is 60.9 Å². The number of carbonyl (C=O) groups is 2. The summed E-state index contributed by atoms with van der Waals surface area (Å²) in [5.41, 5.74) is 1.25. The Labute approximate surface area is 146 Å². The highest BCUT2D eigenvalue weighted by Gasteiger charge is 2.37. The van der Waals surface area contributed by atoms with Crippen molar-refractivity contribution in [1.82, 2.24) is 15.1 Å². The molecule has 0 radical (unpaired) electrons. The largest absolute Gasteiger partial charge is 0.496 e. The van der Waals surface area contributed by atoms with Gasteiger partial charge in [0.2, 0.25) is 0 Å². The van der Waals surface area contributed by atoms with Crippen LogP contribution in [0.15, 0.2) is 36.4 Å². The van der Waals surface area contributed by atoms with Crippen LogP contribution >= 0.6 is 0 Å². The minimum Gasteiger partial charge on any atom is -0.496 e. The Bertz CT molecular complexity index is 836. The van der Waals surface area contributed by atoms with E-state index in [0.717, 1.165) is 30.8 Å². The van der Waals surface area contributed by atoms with Crippen LogP contribution < -0.4 is 10.1 Å². The number of carbonyl (C=O) groups excluding carboxylic acids is 2. The molecule has 0 bridgehead atoms. The van der Waals surface area contributed by atoms with Gasteiger partial charge in [0.1, 0.15) is 5.75 Å².